The third kappa shape index (κ3) is 4.30. The van der Waals surface area contributed by atoms with Crippen molar-refractivity contribution in [1.29, 1.82) is 10.5 Å². The van der Waals surface area contributed by atoms with Crippen molar-refractivity contribution in [2.45, 2.75) is 31.0 Å². The summed E-state index contributed by atoms with van der Waals surface area (Å²) in [6.07, 6.45) is 1.21. The van der Waals surface area contributed by atoms with Crippen molar-refractivity contribution < 1.29 is 9.53 Å². The van der Waals surface area contributed by atoms with Crippen molar-refractivity contribution in [3.8, 4) is 23.3 Å². The van der Waals surface area contributed by atoms with Crippen LogP contribution in [0.1, 0.15) is 17.5 Å². The van der Waals surface area contributed by atoms with Gasteiger partial charge in [-0.2, -0.15) is 10.5 Å². The van der Waals surface area contributed by atoms with E-state index >= 15 is 0 Å². The van der Waals surface area contributed by atoms with Gasteiger partial charge in [0.25, 0.3) is 0 Å². The number of fused-ring (bicyclic) bond motifs is 1. The molecule has 0 spiro atoms. The van der Waals surface area contributed by atoms with E-state index in [1.54, 1.807) is 12.1 Å². The minimum Gasteiger partial charge on any atom is -0.379 e. The Balaban J connectivity index is 1.35. The van der Waals surface area contributed by atoms with Crippen LogP contribution in [-0.4, -0.2) is 37.2 Å². The molecule has 0 aliphatic carbocycles. The topological polar surface area (TPSA) is 97.9 Å². The SMILES string of the molecule is N#Cc1ccc(-c2ccc(C[C@@H](C#N)NC(=O)[C@H]3C[C@@H]4COC[C@@H]4N3)cc2)cc1. The Morgan fingerprint density at radius 3 is 2.41 bits per heavy atom. The van der Waals surface area contributed by atoms with E-state index in [1.165, 1.54) is 0 Å². The van der Waals surface area contributed by atoms with Crippen molar-refractivity contribution in [2.75, 3.05) is 13.2 Å². The van der Waals surface area contributed by atoms with Crippen LogP contribution in [-0.2, 0) is 16.0 Å². The summed E-state index contributed by atoms with van der Waals surface area (Å²) in [4.78, 5) is 12.5. The highest BCUT2D eigenvalue weighted by atomic mass is 16.5. The maximum atomic E-state index is 12.5. The minimum absolute atomic E-state index is 0.111. The zero-order valence-corrected chi connectivity index (χ0v) is 16.0. The largest absolute Gasteiger partial charge is 0.379 e. The molecule has 2 heterocycles. The summed E-state index contributed by atoms with van der Waals surface area (Å²) < 4.78 is 5.41. The van der Waals surface area contributed by atoms with E-state index in [4.69, 9.17) is 10.00 Å². The number of rotatable bonds is 5. The van der Waals surface area contributed by atoms with Crippen molar-refractivity contribution in [3.05, 3.63) is 59.7 Å². The van der Waals surface area contributed by atoms with Gasteiger partial charge in [0.1, 0.15) is 6.04 Å². The molecule has 2 aliphatic heterocycles. The average Bonchev–Trinajstić information content (AvgIpc) is 3.36. The van der Waals surface area contributed by atoms with Gasteiger partial charge in [-0.3, -0.25) is 4.79 Å². The number of nitrogens with zero attached hydrogens (tertiary/aromatic N) is 2. The predicted octanol–water partition coefficient (Wildman–Crippen LogP) is 2.15. The Labute approximate surface area is 170 Å². The molecule has 6 nitrogen and oxygen atoms in total. The maximum absolute atomic E-state index is 12.5. The summed E-state index contributed by atoms with van der Waals surface area (Å²) in [5.41, 5.74) is 3.69. The van der Waals surface area contributed by atoms with Crippen molar-refractivity contribution in [3.63, 3.8) is 0 Å². The third-order valence-electron chi connectivity index (χ3n) is 5.68. The van der Waals surface area contributed by atoms with E-state index in [9.17, 15) is 10.1 Å². The van der Waals surface area contributed by atoms with E-state index in [0.29, 0.717) is 31.1 Å². The highest BCUT2D eigenvalue weighted by Gasteiger charge is 2.40. The van der Waals surface area contributed by atoms with Crippen LogP contribution in [0.15, 0.2) is 48.5 Å². The molecule has 29 heavy (non-hydrogen) atoms. The molecule has 0 saturated carbocycles. The molecule has 0 bridgehead atoms. The van der Waals surface area contributed by atoms with E-state index in [1.807, 2.05) is 36.4 Å². The van der Waals surface area contributed by atoms with Crippen LogP contribution in [0.25, 0.3) is 11.1 Å². The smallest absolute Gasteiger partial charge is 0.238 e. The van der Waals surface area contributed by atoms with Crippen LogP contribution in [0.3, 0.4) is 0 Å². The molecule has 0 unspecified atom stereocenters. The average molecular weight is 386 g/mol. The van der Waals surface area contributed by atoms with Gasteiger partial charge in [0.05, 0.1) is 37.0 Å². The zero-order valence-electron chi connectivity index (χ0n) is 16.0. The second-order valence-electron chi connectivity index (χ2n) is 7.64. The molecule has 4 atom stereocenters. The molecule has 2 aliphatic rings. The quantitative estimate of drug-likeness (QED) is 0.821. The number of carbonyl (C=O) groups excluding carboxylic acids is 1. The van der Waals surface area contributed by atoms with E-state index in [2.05, 4.69) is 22.8 Å². The second kappa shape index (κ2) is 8.45. The molecule has 6 heteroatoms. The van der Waals surface area contributed by atoms with Crippen molar-refractivity contribution in [1.82, 2.24) is 10.6 Å². The molecular formula is C23H22N4O2. The second-order valence-corrected chi connectivity index (χ2v) is 7.64. The van der Waals surface area contributed by atoms with Crippen molar-refractivity contribution >= 4 is 5.91 Å². The first-order valence-electron chi connectivity index (χ1n) is 9.79. The van der Waals surface area contributed by atoms with Gasteiger partial charge in [-0.15, -0.1) is 0 Å². The molecule has 2 saturated heterocycles. The van der Waals surface area contributed by atoms with Gasteiger partial charge >= 0.3 is 0 Å². The first-order chi connectivity index (χ1) is 14.2. The van der Waals surface area contributed by atoms with Gasteiger partial charge in [0, 0.05) is 18.4 Å². The monoisotopic (exact) mass is 386 g/mol. The molecule has 0 radical (unpaired) electrons. The van der Waals surface area contributed by atoms with Gasteiger partial charge in [-0.25, -0.2) is 0 Å². The van der Waals surface area contributed by atoms with Gasteiger partial charge in [-0.05, 0) is 35.2 Å². The highest BCUT2D eigenvalue weighted by Crippen LogP contribution is 2.26. The molecule has 146 valence electrons. The lowest BCUT2D eigenvalue weighted by molar-refractivity contribution is -0.123. The lowest BCUT2D eigenvalue weighted by atomic mass is 10.00. The molecular weight excluding hydrogens is 364 g/mol. The number of nitrogens with one attached hydrogen (secondary N) is 2. The first-order valence-corrected chi connectivity index (χ1v) is 9.79. The minimum atomic E-state index is -0.568. The van der Waals surface area contributed by atoms with Crippen molar-refractivity contribution in [2.24, 2.45) is 5.92 Å². The number of hydrogen-bond donors (Lipinski definition) is 2. The number of nitriles is 2. The number of amides is 1. The molecule has 2 N–H and O–H groups in total. The fraction of sp³-hybridized carbons (Fsp3) is 0.348. The summed E-state index contributed by atoms with van der Waals surface area (Å²) in [6.45, 7) is 1.36. The molecule has 0 aromatic heterocycles. The van der Waals surface area contributed by atoms with Crippen LogP contribution in [0, 0.1) is 28.6 Å². The van der Waals surface area contributed by atoms with E-state index in [0.717, 1.165) is 23.1 Å². The van der Waals surface area contributed by atoms with Crippen LogP contribution in [0.4, 0.5) is 0 Å². The standard InChI is InChI=1S/C23H22N4O2/c24-11-16-3-7-18(8-4-16)17-5-1-15(2-6-17)9-20(12-25)26-23(28)21-10-19-13-29-14-22(19)27-21/h1-8,19-22,27H,9-10,13-14H2,(H,26,28)/t19-,20+,21-,22+/m1/s1. The number of carbonyl (C=O) groups is 1. The lowest BCUT2D eigenvalue weighted by Gasteiger charge is -2.17. The van der Waals surface area contributed by atoms with Gasteiger partial charge < -0.3 is 15.4 Å². The fourth-order valence-electron chi connectivity index (χ4n) is 4.03. The Morgan fingerprint density at radius 1 is 1.10 bits per heavy atom. The molecule has 2 aromatic rings. The van der Waals surface area contributed by atoms with Crippen LogP contribution >= 0.6 is 0 Å². The fourth-order valence-corrected chi connectivity index (χ4v) is 4.03. The van der Waals surface area contributed by atoms with Crippen LogP contribution < -0.4 is 10.6 Å². The Bertz CT molecular complexity index is 944. The van der Waals surface area contributed by atoms with E-state index < -0.39 is 6.04 Å². The maximum Gasteiger partial charge on any atom is 0.238 e. The number of ether oxygens (including phenoxy) is 1. The summed E-state index contributed by atoms with van der Waals surface area (Å²) in [5, 5.41) is 24.6. The molecule has 1 amide bonds. The van der Waals surface area contributed by atoms with Crippen LogP contribution in [0.5, 0.6) is 0 Å². The third-order valence-corrected chi connectivity index (χ3v) is 5.68. The molecule has 4 rings (SSSR count). The highest BCUT2D eigenvalue weighted by molar-refractivity contribution is 5.82. The van der Waals surface area contributed by atoms with Gasteiger partial charge in [0.2, 0.25) is 5.91 Å². The van der Waals surface area contributed by atoms with Gasteiger partial charge in [0.15, 0.2) is 0 Å². The summed E-state index contributed by atoms with van der Waals surface area (Å²) in [5.74, 6) is 0.279. The van der Waals surface area contributed by atoms with E-state index in [-0.39, 0.29) is 18.0 Å². The first kappa shape index (κ1) is 19.1. The molecule has 2 fully saturated rings. The van der Waals surface area contributed by atoms with Crippen LogP contribution in [0.2, 0.25) is 0 Å². The Morgan fingerprint density at radius 2 is 1.79 bits per heavy atom. The summed E-state index contributed by atoms with van der Waals surface area (Å²) in [6, 6.07) is 19.1. The lowest BCUT2D eigenvalue weighted by Crippen LogP contribution is -2.47. The number of hydrogen-bond acceptors (Lipinski definition) is 5. The zero-order chi connectivity index (χ0) is 20.2. The summed E-state index contributed by atoms with van der Waals surface area (Å²) in [7, 11) is 0. The van der Waals surface area contributed by atoms with Gasteiger partial charge in [-0.1, -0.05) is 36.4 Å². The molecule has 2 aromatic carbocycles. The predicted molar refractivity (Wildman–Crippen MR) is 107 cm³/mol. The Kier molecular flexibility index (Phi) is 5.57. The normalized spacial score (nSPS) is 23.6. The number of benzene rings is 2. The Hall–Kier alpha value is -3.19. The summed E-state index contributed by atoms with van der Waals surface area (Å²) >= 11 is 0.